The minimum absolute atomic E-state index is 0.116. The van der Waals surface area contributed by atoms with Crippen molar-refractivity contribution in [3.05, 3.63) is 0 Å². The molecule has 0 aliphatic carbocycles. The van der Waals surface area contributed by atoms with Gasteiger partial charge in [0.1, 0.15) is 0 Å². The summed E-state index contributed by atoms with van der Waals surface area (Å²) >= 11 is 0. The highest BCUT2D eigenvalue weighted by molar-refractivity contribution is 7.74. The van der Waals surface area contributed by atoms with Gasteiger partial charge in [-0.3, -0.25) is 9.13 Å². The van der Waals surface area contributed by atoms with Crippen LogP contribution in [0.5, 0.6) is 0 Å². The molecule has 0 N–H and O–H groups in total. The Morgan fingerprint density at radius 1 is 0.708 bits per heavy atom. The Balaban J connectivity index is 6.19. The fourth-order valence-corrected chi connectivity index (χ4v) is 7.82. The van der Waals surface area contributed by atoms with Crippen LogP contribution in [0, 0.1) is 0 Å². The highest BCUT2D eigenvalue weighted by Crippen LogP contribution is 2.79. The van der Waals surface area contributed by atoms with Crippen LogP contribution in [-0.4, -0.2) is 38.1 Å². The molecule has 0 aromatic heterocycles. The smallest absolute Gasteiger partial charge is 0.352 e. The summed E-state index contributed by atoms with van der Waals surface area (Å²) in [4.78, 5) is 0. The van der Waals surface area contributed by atoms with E-state index in [1.54, 1.807) is 34.6 Å². The van der Waals surface area contributed by atoms with Crippen molar-refractivity contribution in [1.29, 1.82) is 0 Å². The first kappa shape index (κ1) is 24.3. The number of rotatable bonds is 15. The lowest BCUT2D eigenvalue weighted by Gasteiger charge is -2.41. The third-order valence-corrected chi connectivity index (χ3v) is 9.81. The second-order valence-electron chi connectivity index (χ2n) is 4.96. The molecule has 0 saturated heterocycles. The highest BCUT2D eigenvalue weighted by atomic mass is 31.2. The Labute approximate surface area is 146 Å². The van der Waals surface area contributed by atoms with E-state index in [4.69, 9.17) is 22.8 Å². The van der Waals surface area contributed by atoms with Gasteiger partial charge in [0, 0.05) is 6.61 Å². The zero-order valence-electron chi connectivity index (χ0n) is 15.9. The van der Waals surface area contributed by atoms with Crippen molar-refractivity contribution in [2.45, 2.75) is 65.9 Å². The van der Waals surface area contributed by atoms with Crippen molar-refractivity contribution < 1.29 is 32.0 Å². The maximum Gasteiger partial charge on any atom is 0.374 e. The summed E-state index contributed by atoms with van der Waals surface area (Å²) in [6, 6.07) is 0. The van der Waals surface area contributed by atoms with Gasteiger partial charge in [0.2, 0.25) is 0 Å². The van der Waals surface area contributed by atoms with Crippen LogP contribution in [0.15, 0.2) is 0 Å². The average Bonchev–Trinajstić information content (AvgIpc) is 2.52. The van der Waals surface area contributed by atoms with Crippen molar-refractivity contribution in [1.82, 2.24) is 0 Å². The molecule has 0 aromatic carbocycles. The van der Waals surface area contributed by atoms with Crippen LogP contribution < -0.4 is 0 Å². The molecule has 146 valence electrons. The minimum atomic E-state index is -3.92. The first-order chi connectivity index (χ1) is 11.4. The number of hydrogen-bond donors (Lipinski definition) is 0. The third kappa shape index (κ3) is 5.38. The van der Waals surface area contributed by atoms with Crippen molar-refractivity contribution in [2.24, 2.45) is 0 Å². The largest absolute Gasteiger partial charge is 0.374 e. The molecule has 24 heavy (non-hydrogen) atoms. The molecule has 0 fully saturated rings. The topological polar surface area (TPSA) is 80.3 Å². The molecule has 9 heteroatoms. The summed E-state index contributed by atoms with van der Waals surface area (Å²) in [6.07, 6.45) is 1.71. The first-order valence-electron chi connectivity index (χ1n) is 8.79. The minimum Gasteiger partial charge on any atom is -0.352 e. The number of hydrogen-bond acceptors (Lipinski definition) is 7. The van der Waals surface area contributed by atoms with E-state index in [2.05, 4.69) is 0 Å². The molecule has 0 amide bonds. The monoisotopic (exact) mass is 388 g/mol. The van der Waals surface area contributed by atoms with Crippen molar-refractivity contribution in [3.8, 4) is 0 Å². The normalized spacial score (nSPS) is 13.4. The van der Waals surface area contributed by atoms with E-state index in [1.165, 1.54) is 0 Å². The van der Waals surface area contributed by atoms with Gasteiger partial charge in [-0.15, -0.1) is 0 Å². The summed E-state index contributed by atoms with van der Waals surface area (Å²) in [6.45, 7) is 11.3. The Hall–Kier alpha value is 0.260. The maximum atomic E-state index is 13.6. The van der Waals surface area contributed by atoms with Crippen LogP contribution in [-0.2, 0) is 32.0 Å². The van der Waals surface area contributed by atoms with E-state index in [-0.39, 0.29) is 39.5 Å². The Morgan fingerprint density at radius 2 is 1.08 bits per heavy atom. The van der Waals surface area contributed by atoms with E-state index in [9.17, 15) is 9.13 Å². The van der Waals surface area contributed by atoms with Crippen LogP contribution in [0.1, 0.15) is 60.8 Å². The predicted molar refractivity (Wildman–Crippen MR) is 95.6 cm³/mol. The highest BCUT2D eigenvalue weighted by Gasteiger charge is 2.65. The van der Waals surface area contributed by atoms with Crippen LogP contribution in [0.2, 0.25) is 0 Å². The van der Waals surface area contributed by atoms with Crippen LogP contribution in [0.3, 0.4) is 0 Å². The van der Waals surface area contributed by atoms with E-state index >= 15 is 0 Å². The van der Waals surface area contributed by atoms with Gasteiger partial charge in [-0.25, -0.2) is 0 Å². The Morgan fingerprint density at radius 3 is 1.33 bits per heavy atom. The molecule has 0 atom stereocenters. The quantitative estimate of drug-likeness (QED) is 0.274. The molecule has 0 aliphatic heterocycles. The SMILES string of the molecule is CCCCOC(CC)(P(=O)(OCC)OCC)P(=O)(OCC)OCC. The first-order valence-corrected chi connectivity index (χ1v) is 11.9. The molecule has 0 heterocycles. The molecule has 0 saturated carbocycles. The zero-order valence-corrected chi connectivity index (χ0v) is 17.7. The lowest BCUT2D eigenvalue weighted by Crippen LogP contribution is -2.36. The van der Waals surface area contributed by atoms with Crippen LogP contribution in [0.4, 0.5) is 0 Å². The molecule has 0 spiro atoms. The summed E-state index contributed by atoms with van der Waals surface area (Å²) < 4.78 is 54.9. The molecule has 0 aromatic rings. The van der Waals surface area contributed by atoms with Gasteiger partial charge in [-0.2, -0.15) is 0 Å². The standard InChI is InChI=1S/C15H34O7P2/c1-7-13-14-18-15(8-2,23(16,19-9-3)20-10-4)24(17,21-11-5)22-12-6/h7-14H2,1-6H3. The second kappa shape index (κ2) is 11.8. The van der Waals surface area contributed by atoms with E-state index in [1.807, 2.05) is 6.92 Å². The van der Waals surface area contributed by atoms with E-state index in [0.717, 1.165) is 12.8 Å². The van der Waals surface area contributed by atoms with Gasteiger partial charge < -0.3 is 22.8 Å². The number of unbranched alkanes of at least 4 members (excludes halogenated alkanes) is 1. The summed E-state index contributed by atoms with van der Waals surface area (Å²) in [7, 11) is -7.83. The molecular formula is C15H34O7P2. The molecule has 0 aliphatic rings. The fourth-order valence-electron chi connectivity index (χ4n) is 2.34. The third-order valence-electron chi connectivity index (χ3n) is 3.34. The lowest BCUT2D eigenvalue weighted by molar-refractivity contribution is 0.0122. The van der Waals surface area contributed by atoms with Crippen LogP contribution >= 0.6 is 15.2 Å². The van der Waals surface area contributed by atoms with Crippen molar-refractivity contribution in [3.63, 3.8) is 0 Å². The Kier molecular flexibility index (Phi) is 11.9. The number of ether oxygens (including phenoxy) is 1. The fraction of sp³-hybridized carbons (Fsp3) is 1.00. The zero-order chi connectivity index (χ0) is 18.7. The molecule has 0 unspecified atom stereocenters. The van der Waals surface area contributed by atoms with Gasteiger partial charge in [0.25, 0.3) is 5.08 Å². The van der Waals surface area contributed by atoms with Crippen molar-refractivity contribution >= 4 is 15.2 Å². The van der Waals surface area contributed by atoms with Gasteiger partial charge >= 0.3 is 15.2 Å². The van der Waals surface area contributed by atoms with E-state index < -0.39 is 20.3 Å². The predicted octanol–water partition coefficient (Wildman–Crippen LogP) is 5.40. The van der Waals surface area contributed by atoms with Gasteiger partial charge in [0.05, 0.1) is 26.4 Å². The molecular weight excluding hydrogens is 354 g/mol. The maximum absolute atomic E-state index is 13.6. The van der Waals surface area contributed by atoms with E-state index in [0.29, 0.717) is 0 Å². The summed E-state index contributed by atoms with van der Waals surface area (Å²) in [5, 5.41) is -1.77. The lowest BCUT2D eigenvalue weighted by atomic mass is 10.4. The summed E-state index contributed by atoms with van der Waals surface area (Å²) in [5.41, 5.74) is 0. The molecule has 7 nitrogen and oxygen atoms in total. The molecule has 0 bridgehead atoms. The summed E-state index contributed by atoms with van der Waals surface area (Å²) in [5.74, 6) is 0. The van der Waals surface area contributed by atoms with Gasteiger partial charge in [-0.1, -0.05) is 20.3 Å². The Bertz CT molecular complexity index is 378. The van der Waals surface area contributed by atoms with Gasteiger partial charge in [-0.05, 0) is 40.5 Å². The molecule has 0 rings (SSSR count). The van der Waals surface area contributed by atoms with Crippen LogP contribution in [0.25, 0.3) is 0 Å². The van der Waals surface area contributed by atoms with Crippen molar-refractivity contribution in [2.75, 3.05) is 33.0 Å². The average molecular weight is 388 g/mol. The molecule has 0 radical (unpaired) electrons. The second-order valence-corrected chi connectivity index (χ2v) is 9.79. The van der Waals surface area contributed by atoms with Gasteiger partial charge in [0.15, 0.2) is 0 Å².